The lowest BCUT2D eigenvalue weighted by atomic mass is 10.0. The van der Waals surface area contributed by atoms with Crippen molar-refractivity contribution in [3.05, 3.63) is 34.9 Å². The Morgan fingerprint density at radius 2 is 1.95 bits per heavy atom. The van der Waals surface area contributed by atoms with Crippen molar-refractivity contribution in [2.75, 3.05) is 20.1 Å². The third-order valence-corrected chi connectivity index (χ3v) is 4.67. The molecule has 0 N–H and O–H groups in total. The van der Waals surface area contributed by atoms with Crippen molar-refractivity contribution in [3.8, 4) is 0 Å². The summed E-state index contributed by atoms with van der Waals surface area (Å²) < 4.78 is 0. The zero-order valence-corrected chi connectivity index (χ0v) is 13.9. The first-order chi connectivity index (χ1) is 9.99. The van der Waals surface area contributed by atoms with E-state index >= 15 is 0 Å². The Kier molecular flexibility index (Phi) is 5.65. The monoisotopic (exact) mass is 308 g/mol. The first-order valence-electron chi connectivity index (χ1n) is 7.71. The lowest BCUT2D eigenvalue weighted by Gasteiger charge is -2.37. The third kappa shape index (κ3) is 4.21. The molecule has 21 heavy (non-hydrogen) atoms. The molecule has 116 valence electrons. The molecule has 1 aromatic rings. The minimum absolute atomic E-state index is 0.0798. The van der Waals surface area contributed by atoms with Crippen LogP contribution < -0.4 is 0 Å². The number of likely N-dealkylation sites (tertiary alicyclic amines) is 1. The Morgan fingerprint density at radius 1 is 1.33 bits per heavy atom. The fourth-order valence-corrected chi connectivity index (χ4v) is 3.11. The maximum Gasteiger partial charge on any atom is 0.225 e. The predicted molar refractivity (Wildman–Crippen MR) is 87.4 cm³/mol. The van der Waals surface area contributed by atoms with Crippen molar-refractivity contribution in [2.24, 2.45) is 5.92 Å². The summed E-state index contributed by atoms with van der Waals surface area (Å²) >= 11 is 6.22. The number of rotatable bonds is 4. The molecule has 0 aliphatic carbocycles. The lowest BCUT2D eigenvalue weighted by molar-refractivity contribution is -0.136. The van der Waals surface area contributed by atoms with E-state index < -0.39 is 0 Å². The molecule has 4 heteroatoms. The van der Waals surface area contributed by atoms with Crippen molar-refractivity contribution < 1.29 is 4.79 Å². The largest absolute Gasteiger partial charge is 0.342 e. The highest BCUT2D eigenvalue weighted by atomic mass is 35.5. The molecule has 0 unspecified atom stereocenters. The van der Waals surface area contributed by atoms with Crippen LogP contribution in [0.3, 0.4) is 0 Å². The summed E-state index contributed by atoms with van der Waals surface area (Å²) in [4.78, 5) is 16.4. The Hall–Kier alpha value is -1.06. The van der Waals surface area contributed by atoms with Gasteiger partial charge in [-0.3, -0.25) is 9.69 Å². The summed E-state index contributed by atoms with van der Waals surface area (Å²) in [5, 5.41) is 0.840. The van der Waals surface area contributed by atoms with Crippen LogP contribution in [0.15, 0.2) is 24.3 Å². The van der Waals surface area contributed by atoms with Crippen LogP contribution in [0.4, 0.5) is 0 Å². The zero-order valence-electron chi connectivity index (χ0n) is 13.2. The number of amides is 1. The maximum atomic E-state index is 12.1. The average Bonchev–Trinajstić information content (AvgIpc) is 2.49. The number of nitrogens with zero attached hydrogens (tertiary/aromatic N) is 2. The molecule has 0 spiro atoms. The van der Waals surface area contributed by atoms with Gasteiger partial charge in [-0.2, -0.15) is 0 Å². The second-order valence-corrected chi connectivity index (χ2v) is 6.61. The third-order valence-electron chi connectivity index (χ3n) is 4.30. The molecular formula is C17H25ClN2O. The second kappa shape index (κ2) is 7.28. The van der Waals surface area contributed by atoms with Gasteiger partial charge in [-0.25, -0.2) is 0 Å². The minimum Gasteiger partial charge on any atom is -0.342 e. The van der Waals surface area contributed by atoms with Gasteiger partial charge in [0.2, 0.25) is 5.91 Å². The van der Waals surface area contributed by atoms with E-state index in [1.807, 2.05) is 44.0 Å². The van der Waals surface area contributed by atoms with Crippen LogP contribution in [0.25, 0.3) is 0 Å². The van der Waals surface area contributed by atoms with Crippen molar-refractivity contribution in [2.45, 2.75) is 39.3 Å². The van der Waals surface area contributed by atoms with Crippen LogP contribution in [0.5, 0.6) is 0 Å². The topological polar surface area (TPSA) is 23.6 Å². The summed E-state index contributed by atoms with van der Waals surface area (Å²) in [5.74, 6) is 0.329. The predicted octanol–water partition coefficient (Wildman–Crippen LogP) is 3.42. The summed E-state index contributed by atoms with van der Waals surface area (Å²) in [6.45, 7) is 6.86. The Balaban J connectivity index is 1.86. The number of piperidine rings is 1. The first-order valence-corrected chi connectivity index (χ1v) is 8.09. The van der Waals surface area contributed by atoms with Crippen LogP contribution in [0.2, 0.25) is 5.02 Å². The minimum atomic E-state index is 0.0798. The van der Waals surface area contributed by atoms with E-state index in [1.54, 1.807) is 0 Å². The van der Waals surface area contributed by atoms with E-state index in [-0.39, 0.29) is 11.8 Å². The molecule has 1 amide bonds. The molecular weight excluding hydrogens is 284 g/mol. The smallest absolute Gasteiger partial charge is 0.225 e. The normalized spacial score (nSPS) is 17.2. The molecule has 2 rings (SSSR count). The maximum absolute atomic E-state index is 12.1. The molecule has 1 heterocycles. The van der Waals surface area contributed by atoms with Crippen molar-refractivity contribution >= 4 is 17.5 Å². The van der Waals surface area contributed by atoms with Gasteiger partial charge in [0.1, 0.15) is 0 Å². The molecule has 1 aliphatic rings. The van der Waals surface area contributed by atoms with Crippen molar-refractivity contribution in [3.63, 3.8) is 0 Å². The molecule has 1 fully saturated rings. The van der Waals surface area contributed by atoms with E-state index in [2.05, 4.69) is 11.0 Å². The first kappa shape index (κ1) is 16.3. The SMILES string of the molecule is CC(C)C(=O)N(C)C1CCN(Cc2ccccc2Cl)CC1. The van der Waals surface area contributed by atoms with Crippen molar-refractivity contribution in [1.82, 2.24) is 9.80 Å². The van der Waals surface area contributed by atoms with E-state index in [0.717, 1.165) is 37.5 Å². The molecule has 0 bridgehead atoms. The number of carbonyl (C=O) groups is 1. The van der Waals surface area contributed by atoms with Crippen LogP contribution >= 0.6 is 11.6 Å². The van der Waals surface area contributed by atoms with Gasteiger partial charge in [-0.05, 0) is 24.5 Å². The standard InChI is InChI=1S/C17H25ClN2O/c1-13(2)17(21)19(3)15-8-10-20(11-9-15)12-14-6-4-5-7-16(14)18/h4-7,13,15H,8-12H2,1-3H3. The van der Waals surface area contributed by atoms with Gasteiger partial charge < -0.3 is 4.90 Å². The summed E-state index contributed by atoms with van der Waals surface area (Å²) in [6.07, 6.45) is 2.08. The average molecular weight is 309 g/mol. The highest BCUT2D eigenvalue weighted by Crippen LogP contribution is 2.22. The molecule has 0 atom stereocenters. The number of hydrogen-bond acceptors (Lipinski definition) is 2. The van der Waals surface area contributed by atoms with E-state index in [9.17, 15) is 4.79 Å². The van der Waals surface area contributed by atoms with Gasteiger partial charge in [-0.1, -0.05) is 43.6 Å². The number of benzene rings is 1. The number of carbonyl (C=O) groups excluding carboxylic acids is 1. The molecule has 1 saturated heterocycles. The van der Waals surface area contributed by atoms with Gasteiger partial charge >= 0.3 is 0 Å². The molecule has 0 radical (unpaired) electrons. The van der Waals surface area contributed by atoms with Crippen LogP contribution in [0.1, 0.15) is 32.3 Å². The van der Waals surface area contributed by atoms with E-state index in [4.69, 9.17) is 11.6 Å². The second-order valence-electron chi connectivity index (χ2n) is 6.20. The van der Waals surface area contributed by atoms with Crippen LogP contribution in [0, 0.1) is 5.92 Å². The number of hydrogen-bond donors (Lipinski definition) is 0. The lowest BCUT2D eigenvalue weighted by Crippen LogP contribution is -2.46. The summed E-state index contributed by atoms with van der Waals surface area (Å²) in [7, 11) is 1.94. The highest BCUT2D eigenvalue weighted by molar-refractivity contribution is 6.31. The quantitative estimate of drug-likeness (QED) is 0.851. The number of halogens is 1. The van der Waals surface area contributed by atoms with Gasteiger partial charge in [0, 0.05) is 43.7 Å². The summed E-state index contributed by atoms with van der Waals surface area (Å²) in [5.41, 5.74) is 1.18. The fraction of sp³-hybridized carbons (Fsp3) is 0.588. The van der Waals surface area contributed by atoms with E-state index in [1.165, 1.54) is 5.56 Å². The van der Waals surface area contributed by atoms with E-state index in [0.29, 0.717) is 6.04 Å². The molecule has 1 aliphatic heterocycles. The van der Waals surface area contributed by atoms with Gasteiger partial charge in [0.15, 0.2) is 0 Å². The molecule has 1 aromatic carbocycles. The van der Waals surface area contributed by atoms with Gasteiger partial charge in [-0.15, -0.1) is 0 Å². The zero-order chi connectivity index (χ0) is 15.4. The summed E-state index contributed by atoms with van der Waals surface area (Å²) in [6, 6.07) is 8.40. The Morgan fingerprint density at radius 3 is 2.52 bits per heavy atom. The Labute approximate surface area is 132 Å². The Bertz CT molecular complexity index is 481. The van der Waals surface area contributed by atoms with Gasteiger partial charge in [0.25, 0.3) is 0 Å². The van der Waals surface area contributed by atoms with Crippen LogP contribution in [-0.2, 0) is 11.3 Å². The fourth-order valence-electron chi connectivity index (χ4n) is 2.92. The molecule has 0 aromatic heterocycles. The molecule has 3 nitrogen and oxygen atoms in total. The van der Waals surface area contributed by atoms with Crippen LogP contribution in [-0.4, -0.2) is 41.9 Å². The molecule has 0 saturated carbocycles. The van der Waals surface area contributed by atoms with Gasteiger partial charge in [0.05, 0.1) is 0 Å². The highest BCUT2D eigenvalue weighted by Gasteiger charge is 2.26. The van der Waals surface area contributed by atoms with Crippen molar-refractivity contribution in [1.29, 1.82) is 0 Å².